The van der Waals surface area contributed by atoms with E-state index in [2.05, 4.69) is 5.32 Å². The molecule has 1 unspecified atom stereocenters. The van der Waals surface area contributed by atoms with Crippen molar-refractivity contribution in [2.24, 2.45) is 0 Å². The molecule has 4 heteroatoms. The van der Waals surface area contributed by atoms with Crippen LogP contribution in [-0.4, -0.2) is 44.1 Å². The third kappa shape index (κ3) is 4.08. The molecular weight excluding hydrogens is 264 g/mol. The highest BCUT2D eigenvalue weighted by atomic mass is 16.5. The van der Waals surface area contributed by atoms with Gasteiger partial charge in [0, 0.05) is 25.2 Å². The zero-order valence-corrected chi connectivity index (χ0v) is 13.1. The minimum Gasteiger partial charge on any atom is -0.497 e. The lowest BCUT2D eigenvalue weighted by Crippen LogP contribution is -2.46. The summed E-state index contributed by atoms with van der Waals surface area (Å²) in [6, 6.07) is 8.20. The van der Waals surface area contributed by atoms with Crippen LogP contribution in [0.4, 0.5) is 0 Å². The second-order valence-corrected chi connectivity index (χ2v) is 5.47. The van der Waals surface area contributed by atoms with E-state index in [1.807, 2.05) is 43.1 Å². The summed E-state index contributed by atoms with van der Waals surface area (Å²) in [5, 5.41) is 3.26. The average molecular weight is 288 g/mol. The summed E-state index contributed by atoms with van der Waals surface area (Å²) >= 11 is 0. The maximum absolute atomic E-state index is 12.4. The number of allylic oxidation sites excluding steroid dienone is 1. The molecule has 2 rings (SSSR count). The molecule has 0 spiro atoms. The van der Waals surface area contributed by atoms with E-state index in [9.17, 15) is 4.79 Å². The highest BCUT2D eigenvalue weighted by molar-refractivity contribution is 5.95. The van der Waals surface area contributed by atoms with E-state index in [4.69, 9.17) is 4.74 Å². The van der Waals surface area contributed by atoms with E-state index in [0.717, 1.165) is 42.8 Å². The third-order valence-electron chi connectivity index (χ3n) is 4.01. The molecule has 1 atom stereocenters. The molecule has 1 heterocycles. The highest BCUT2D eigenvalue weighted by Gasteiger charge is 2.21. The van der Waals surface area contributed by atoms with Crippen LogP contribution in [0.25, 0.3) is 5.57 Å². The number of amides is 1. The maximum atomic E-state index is 12.4. The van der Waals surface area contributed by atoms with Gasteiger partial charge in [0.2, 0.25) is 5.91 Å². The first-order valence-electron chi connectivity index (χ1n) is 7.43. The van der Waals surface area contributed by atoms with Gasteiger partial charge in [-0.25, -0.2) is 0 Å². The van der Waals surface area contributed by atoms with Gasteiger partial charge >= 0.3 is 0 Å². The van der Waals surface area contributed by atoms with Crippen LogP contribution in [0, 0.1) is 0 Å². The van der Waals surface area contributed by atoms with E-state index < -0.39 is 0 Å². The number of likely N-dealkylation sites (tertiary alicyclic amines) is 1. The Morgan fingerprint density at radius 2 is 2.29 bits per heavy atom. The minimum atomic E-state index is 0.0928. The van der Waals surface area contributed by atoms with Crippen LogP contribution in [0.1, 0.15) is 25.3 Å². The van der Waals surface area contributed by atoms with Crippen molar-refractivity contribution in [2.75, 3.05) is 27.2 Å². The zero-order chi connectivity index (χ0) is 15.2. The predicted octanol–water partition coefficient (Wildman–Crippen LogP) is 2.31. The lowest BCUT2D eigenvalue weighted by molar-refractivity contribution is -0.127. The van der Waals surface area contributed by atoms with Gasteiger partial charge in [-0.1, -0.05) is 12.1 Å². The molecule has 21 heavy (non-hydrogen) atoms. The number of ether oxygens (including phenoxy) is 1. The van der Waals surface area contributed by atoms with Crippen molar-refractivity contribution in [2.45, 2.75) is 25.8 Å². The molecule has 0 saturated carbocycles. The maximum Gasteiger partial charge on any atom is 0.246 e. The second kappa shape index (κ2) is 7.27. The fraction of sp³-hybridized carbons (Fsp3) is 0.471. The quantitative estimate of drug-likeness (QED) is 0.865. The van der Waals surface area contributed by atoms with E-state index in [1.54, 1.807) is 13.2 Å². The number of nitrogens with zero attached hydrogens (tertiary/aromatic N) is 1. The van der Waals surface area contributed by atoms with Crippen LogP contribution >= 0.6 is 0 Å². The molecule has 0 bridgehead atoms. The monoisotopic (exact) mass is 288 g/mol. The molecule has 1 N–H and O–H groups in total. The van der Waals surface area contributed by atoms with Crippen molar-refractivity contribution >= 4 is 11.5 Å². The summed E-state index contributed by atoms with van der Waals surface area (Å²) in [5.74, 6) is 0.899. The van der Waals surface area contributed by atoms with Crippen molar-refractivity contribution < 1.29 is 9.53 Å². The Kier molecular flexibility index (Phi) is 5.39. The number of carbonyl (C=O) groups is 1. The Morgan fingerprint density at radius 1 is 1.48 bits per heavy atom. The normalized spacial score (nSPS) is 19.5. The number of benzene rings is 1. The molecule has 4 nitrogen and oxygen atoms in total. The Labute approximate surface area is 126 Å². The lowest BCUT2D eigenvalue weighted by Gasteiger charge is -2.32. The summed E-state index contributed by atoms with van der Waals surface area (Å²) in [5.41, 5.74) is 1.98. The van der Waals surface area contributed by atoms with Crippen molar-refractivity contribution in [3.8, 4) is 5.75 Å². The first-order chi connectivity index (χ1) is 10.1. The van der Waals surface area contributed by atoms with Gasteiger partial charge in [0.25, 0.3) is 0 Å². The van der Waals surface area contributed by atoms with E-state index >= 15 is 0 Å². The van der Waals surface area contributed by atoms with Gasteiger partial charge in [-0.2, -0.15) is 0 Å². The molecule has 1 aliphatic rings. The minimum absolute atomic E-state index is 0.0928. The van der Waals surface area contributed by atoms with Gasteiger partial charge in [0.15, 0.2) is 0 Å². The highest BCUT2D eigenvalue weighted by Crippen LogP contribution is 2.20. The van der Waals surface area contributed by atoms with Crippen LogP contribution in [0.5, 0.6) is 5.75 Å². The van der Waals surface area contributed by atoms with Gasteiger partial charge in [-0.05, 0) is 50.1 Å². The summed E-state index contributed by atoms with van der Waals surface area (Å²) in [4.78, 5) is 14.3. The molecule has 1 amide bonds. The largest absolute Gasteiger partial charge is 0.497 e. The fourth-order valence-corrected chi connectivity index (χ4v) is 2.64. The van der Waals surface area contributed by atoms with Crippen LogP contribution < -0.4 is 10.1 Å². The molecule has 1 aliphatic heterocycles. The van der Waals surface area contributed by atoms with E-state index in [0.29, 0.717) is 6.04 Å². The first kappa shape index (κ1) is 15.6. The Hall–Kier alpha value is -1.81. The van der Waals surface area contributed by atoms with E-state index in [-0.39, 0.29) is 5.91 Å². The number of methoxy groups -OCH3 is 1. The summed E-state index contributed by atoms with van der Waals surface area (Å²) in [6.07, 6.45) is 3.93. The number of likely N-dealkylation sites (N-methyl/N-ethyl adjacent to an activating group) is 1. The number of carbonyl (C=O) groups excluding carboxylic acids is 1. The fourth-order valence-electron chi connectivity index (χ4n) is 2.64. The van der Waals surface area contributed by atoms with Gasteiger partial charge in [-0.3, -0.25) is 4.79 Å². The Bertz CT molecular complexity index is 525. The first-order valence-corrected chi connectivity index (χ1v) is 7.43. The topological polar surface area (TPSA) is 41.6 Å². The van der Waals surface area contributed by atoms with Crippen molar-refractivity contribution in [3.63, 3.8) is 0 Å². The number of nitrogens with one attached hydrogen (secondary N) is 1. The van der Waals surface area contributed by atoms with Crippen molar-refractivity contribution in [3.05, 3.63) is 35.9 Å². The number of piperidine rings is 1. The number of hydrogen-bond donors (Lipinski definition) is 1. The molecule has 1 aromatic carbocycles. The average Bonchev–Trinajstić information content (AvgIpc) is 2.54. The molecular formula is C17H24N2O2. The van der Waals surface area contributed by atoms with Crippen molar-refractivity contribution in [1.29, 1.82) is 0 Å². The molecule has 0 aromatic heterocycles. The van der Waals surface area contributed by atoms with Gasteiger partial charge in [-0.15, -0.1) is 0 Å². The summed E-state index contributed by atoms with van der Waals surface area (Å²) < 4.78 is 5.22. The Morgan fingerprint density at radius 3 is 3.00 bits per heavy atom. The molecule has 0 radical (unpaired) electrons. The SMILES string of the molecule is CNC1CCCN(C(=O)/C=C(\C)c2cccc(OC)c2)C1. The second-order valence-electron chi connectivity index (χ2n) is 5.47. The van der Waals surface area contributed by atoms with Gasteiger partial charge < -0.3 is 15.0 Å². The standard InChI is InChI=1S/C17H24N2O2/c1-13(14-6-4-8-16(11-14)21-3)10-17(20)19-9-5-7-15(12-19)18-2/h4,6,8,10-11,15,18H,5,7,9,12H2,1-3H3/b13-10+. The van der Waals surface area contributed by atoms with Gasteiger partial charge in [0.05, 0.1) is 7.11 Å². The third-order valence-corrected chi connectivity index (χ3v) is 4.01. The summed E-state index contributed by atoms with van der Waals surface area (Å²) in [6.45, 7) is 3.60. The Balaban J connectivity index is 2.08. The van der Waals surface area contributed by atoms with Gasteiger partial charge in [0.1, 0.15) is 5.75 Å². The molecule has 1 aromatic rings. The smallest absolute Gasteiger partial charge is 0.246 e. The number of rotatable bonds is 4. The van der Waals surface area contributed by atoms with Crippen molar-refractivity contribution in [1.82, 2.24) is 10.2 Å². The van der Waals surface area contributed by atoms with Crippen LogP contribution in [0.2, 0.25) is 0 Å². The predicted molar refractivity (Wildman–Crippen MR) is 85.3 cm³/mol. The molecule has 1 fully saturated rings. The summed E-state index contributed by atoms with van der Waals surface area (Å²) in [7, 11) is 3.60. The van der Waals surface area contributed by atoms with E-state index in [1.165, 1.54) is 0 Å². The molecule has 0 aliphatic carbocycles. The van der Waals surface area contributed by atoms with Crippen LogP contribution in [-0.2, 0) is 4.79 Å². The van der Waals surface area contributed by atoms with Crippen LogP contribution in [0.15, 0.2) is 30.3 Å². The molecule has 1 saturated heterocycles. The zero-order valence-electron chi connectivity index (χ0n) is 13.1. The van der Waals surface area contributed by atoms with Crippen LogP contribution in [0.3, 0.4) is 0 Å². The molecule has 114 valence electrons. The number of hydrogen-bond acceptors (Lipinski definition) is 3. The lowest BCUT2D eigenvalue weighted by atomic mass is 10.0.